The second-order valence-corrected chi connectivity index (χ2v) is 5.38. The topological polar surface area (TPSA) is 73.6 Å². The van der Waals surface area contributed by atoms with Crippen molar-refractivity contribution < 1.29 is 14.4 Å². The zero-order valence-corrected chi connectivity index (χ0v) is 13.7. The van der Waals surface area contributed by atoms with Gasteiger partial charge in [0.1, 0.15) is 17.2 Å². The van der Waals surface area contributed by atoms with Crippen LogP contribution in [0.15, 0.2) is 36.4 Å². The number of nitro benzene ring substituents is 1. The van der Waals surface area contributed by atoms with Crippen molar-refractivity contribution in [2.45, 2.75) is 0 Å². The van der Waals surface area contributed by atoms with Crippen LogP contribution in [0.1, 0.15) is 0 Å². The van der Waals surface area contributed by atoms with Gasteiger partial charge in [0.15, 0.2) is 0 Å². The first-order chi connectivity index (χ1) is 11.0. The zero-order chi connectivity index (χ0) is 16.8. The average molecular weight is 357 g/mol. The van der Waals surface area contributed by atoms with Crippen molar-refractivity contribution in [3.63, 3.8) is 0 Å². The Morgan fingerprint density at radius 1 is 1.22 bits per heavy atom. The molecule has 2 rings (SSSR count). The molecule has 2 aromatic carbocycles. The summed E-state index contributed by atoms with van der Waals surface area (Å²) in [5.41, 5.74) is 0.297. The molecule has 8 heteroatoms. The molecule has 0 atom stereocenters. The van der Waals surface area contributed by atoms with Gasteiger partial charge in [0, 0.05) is 30.8 Å². The summed E-state index contributed by atoms with van der Waals surface area (Å²) in [6.07, 6.45) is 0. The summed E-state index contributed by atoms with van der Waals surface area (Å²) in [6, 6.07) is 9.25. The Bertz CT molecular complexity index is 710. The Balaban J connectivity index is 2.25. The van der Waals surface area contributed by atoms with Crippen molar-refractivity contribution in [2.24, 2.45) is 0 Å². The maximum Gasteiger partial charge on any atom is 0.292 e. The Morgan fingerprint density at radius 3 is 2.65 bits per heavy atom. The van der Waals surface area contributed by atoms with Crippen LogP contribution in [0.4, 0.5) is 11.4 Å². The molecule has 0 saturated carbocycles. The molecule has 0 saturated heterocycles. The van der Waals surface area contributed by atoms with Crippen LogP contribution in [-0.2, 0) is 4.74 Å². The highest BCUT2D eigenvalue weighted by Crippen LogP contribution is 2.35. The summed E-state index contributed by atoms with van der Waals surface area (Å²) in [7, 11) is 1.55. The minimum Gasteiger partial charge on any atom is -0.456 e. The van der Waals surface area contributed by atoms with Crippen molar-refractivity contribution in [1.82, 2.24) is 0 Å². The molecule has 0 amide bonds. The van der Waals surface area contributed by atoms with Crippen molar-refractivity contribution in [1.29, 1.82) is 0 Å². The zero-order valence-electron chi connectivity index (χ0n) is 12.2. The Hall–Kier alpha value is -2.02. The van der Waals surface area contributed by atoms with E-state index in [0.717, 1.165) is 0 Å². The molecular weight excluding hydrogens is 343 g/mol. The van der Waals surface area contributed by atoms with E-state index in [9.17, 15) is 10.1 Å². The van der Waals surface area contributed by atoms with Gasteiger partial charge >= 0.3 is 0 Å². The van der Waals surface area contributed by atoms with E-state index in [1.807, 2.05) is 0 Å². The Labute approximate surface area is 143 Å². The highest BCUT2D eigenvalue weighted by atomic mass is 35.5. The number of ether oxygens (including phenoxy) is 2. The maximum atomic E-state index is 11.1. The lowest BCUT2D eigenvalue weighted by atomic mass is 10.2. The first-order valence-electron chi connectivity index (χ1n) is 6.65. The van der Waals surface area contributed by atoms with E-state index >= 15 is 0 Å². The fourth-order valence-electron chi connectivity index (χ4n) is 1.85. The minimum atomic E-state index is -0.464. The van der Waals surface area contributed by atoms with Gasteiger partial charge in [0.2, 0.25) is 0 Å². The lowest BCUT2D eigenvalue weighted by molar-refractivity contribution is -0.384. The molecule has 0 spiro atoms. The van der Waals surface area contributed by atoms with E-state index in [0.29, 0.717) is 40.4 Å². The van der Waals surface area contributed by atoms with Crippen LogP contribution in [0.2, 0.25) is 10.0 Å². The summed E-state index contributed by atoms with van der Waals surface area (Å²) in [5, 5.41) is 14.9. The van der Waals surface area contributed by atoms with E-state index in [2.05, 4.69) is 5.32 Å². The second kappa shape index (κ2) is 8.01. The maximum absolute atomic E-state index is 11.1. The van der Waals surface area contributed by atoms with E-state index in [1.165, 1.54) is 12.1 Å². The normalized spacial score (nSPS) is 10.4. The largest absolute Gasteiger partial charge is 0.456 e. The quantitative estimate of drug-likeness (QED) is 0.440. The number of benzene rings is 2. The first kappa shape index (κ1) is 17.3. The number of anilines is 1. The highest BCUT2D eigenvalue weighted by Gasteiger charge is 2.15. The van der Waals surface area contributed by atoms with Crippen LogP contribution in [0.3, 0.4) is 0 Å². The molecule has 23 heavy (non-hydrogen) atoms. The van der Waals surface area contributed by atoms with E-state index in [-0.39, 0.29) is 5.69 Å². The van der Waals surface area contributed by atoms with Crippen LogP contribution >= 0.6 is 23.2 Å². The summed E-state index contributed by atoms with van der Waals surface area (Å²) < 4.78 is 10.6. The molecular formula is C15H14Cl2N2O4. The fraction of sp³-hybridized carbons (Fsp3) is 0.200. The number of nitrogens with zero attached hydrogens (tertiary/aromatic N) is 1. The summed E-state index contributed by atoms with van der Waals surface area (Å²) >= 11 is 11.9. The number of hydrogen-bond donors (Lipinski definition) is 1. The predicted octanol–water partition coefficient (Wildman–Crippen LogP) is 4.75. The van der Waals surface area contributed by atoms with Gasteiger partial charge < -0.3 is 14.8 Å². The molecule has 0 bridgehead atoms. The van der Waals surface area contributed by atoms with E-state index in [1.54, 1.807) is 31.4 Å². The molecule has 122 valence electrons. The van der Waals surface area contributed by atoms with Crippen LogP contribution in [0.5, 0.6) is 11.5 Å². The fourth-order valence-corrected chi connectivity index (χ4v) is 2.30. The van der Waals surface area contributed by atoms with Crippen LogP contribution in [-0.4, -0.2) is 25.2 Å². The van der Waals surface area contributed by atoms with Gasteiger partial charge in [0.25, 0.3) is 5.69 Å². The monoisotopic (exact) mass is 356 g/mol. The number of nitro groups is 1. The van der Waals surface area contributed by atoms with E-state index in [4.69, 9.17) is 32.7 Å². The molecule has 0 radical (unpaired) electrons. The standard InChI is InChI=1S/C15H14Cl2N2O4/c1-22-7-6-18-13-9-11(3-4-14(13)19(20)21)23-15-5-2-10(16)8-12(15)17/h2-5,8-9,18H,6-7H2,1H3. The molecule has 0 fully saturated rings. The molecule has 0 heterocycles. The number of halogens is 2. The molecule has 0 aromatic heterocycles. The van der Waals surface area contributed by atoms with Crippen molar-refractivity contribution >= 4 is 34.6 Å². The van der Waals surface area contributed by atoms with Gasteiger partial charge in [-0.1, -0.05) is 23.2 Å². The average Bonchev–Trinajstić information content (AvgIpc) is 2.50. The van der Waals surface area contributed by atoms with Gasteiger partial charge in [-0.25, -0.2) is 0 Å². The lowest BCUT2D eigenvalue weighted by Crippen LogP contribution is -2.09. The van der Waals surface area contributed by atoms with Crippen molar-refractivity contribution in [3.05, 3.63) is 56.6 Å². The summed E-state index contributed by atoms with van der Waals surface area (Å²) in [6.45, 7) is 0.855. The first-order valence-corrected chi connectivity index (χ1v) is 7.41. The third kappa shape index (κ3) is 4.72. The third-order valence-electron chi connectivity index (χ3n) is 2.91. The number of rotatable bonds is 7. The van der Waals surface area contributed by atoms with Gasteiger partial charge in [0.05, 0.1) is 16.6 Å². The van der Waals surface area contributed by atoms with Crippen molar-refractivity contribution in [3.8, 4) is 11.5 Å². The van der Waals surface area contributed by atoms with Crippen LogP contribution in [0, 0.1) is 10.1 Å². The van der Waals surface area contributed by atoms with Crippen LogP contribution in [0.25, 0.3) is 0 Å². The Morgan fingerprint density at radius 2 is 2.00 bits per heavy atom. The number of nitrogens with one attached hydrogen (secondary N) is 1. The molecule has 1 N–H and O–H groups in total. The SMILES string of the molecule is COCCNc1cc(Oc2ccc(Cl)cc2Cl)ccc1[N+](=O)[O-]. The number of methoxy groups -OCH3 is 1. The second-order valence-electron chi connectivity index (χ2n) is 4.53. The Kier molecular flexibility index (Phi) is 6.04. The van der Waals surface area contributed by atoms with Crippen LogP contribution < -0.4 is 10.1 Å². The summed E-state index contributed by atoms with van der Waals surface area (Å²) in [5.74, 6) is 0.826. The molecule has 0 unspecified atom stereocenters. The number of hydrogen-bond acceptors (Lipinski definition) is 5. The molecule has 0 aliphatic carbocycles. The highest BCUT2D eigenvalue weighted by molar-refractivity contribution is 6.35. The molecule has 2 aromatic rings. The van der Waals surface area contributed by atoms with Gasteiger partial charge in [-0.15, -0.1) is 0 Å². The third-order valence-corrected chi connectivity index (χ3v) is 3.44. The molecule has 0 aliphatic rings. The van der Waals surface area contributed by atoms with E-state index < -0.39 is 4.92 Å². The van der Waals surface area contributed by atoms with Gasteiger partial charge in [-0.2, -0.15) is 0 Å². The smallest absolute Gasteiger partial charge is 0.292 e. The van der Waals surface area contributed by atoms with Gasteiger partial charge in [-0.05, 0) is 24.3 Å². The minimum absolute atomic E-state index is 0.0457. The van der Waals surface area contributed by atoms with Gasteiger partial charge in [-0.3, -0.25) is 10.1 Å². The summed E-state index contributed by atoms with van der Waals surface area (Å²) in [4.78, 5) is 10.6. The lowest BCUT2D eigenvalue weighted by Gasteiger charge is -2.11. The molecule has 0 aliphatic heterocycles. The predicted molar refractivity (Wildman–Crippen MR) is 90.0 cm³/mol. The molecule has 6 nitrogen and oxygen atoms in total. The van der Waals surface area contributed by atoms with Crippen molar-refractivity contribution in [2.75, 3.05) is 25.6 Å².